The van der Waals surface area contributed by atoms with Gasteiger partial charge < -0.3 is 17.7 Å². The van der Waals surface area contributed by atoms with E-state index in [1.807, 2.05) is 0 Å². The minimum absolute atomic E-state index is 0.338. The summed E-state index contributed by atoms with van der Waals surface area (Å²) in [6.07, 6.45) is -4.69. The molecular formula is C8H6BF6O-. The predicted octanol–water partition coefficient (Wildman–Crippen LogP) is 2.77. The van der Waals surface area contributed by atoms with E-state index in [0.29, 0.717) is 18.2 Å². The normalized spacial score (nSPS) is 12.7. The van der Waals surface area contributed by atoms with Crippen LogP contribution in [0.25, 0.3) is 0 Å². The van der Waals surface area contributed by atoms with Gasteiger partial charge in [0.1, 0.15) is 0 Å². The molecule has 0 spiro atoms. The Bertz CT molecular complexity index is 383. The topological polar surface area (TPSA) is 9.23 Å². The van der Waals surface area contributed by atoms with Gasteiger partial charge >= 0.3 is 13.2 Å². The average Bonchev–Trinajstić information content (AvgIpc) is 2.14. The highest BCUT2D eigenvalue weighted by Gasteiger charge is 2.34. The third-order valence-electron chi connectivity index (χ3n) is 1.91. The lowest BCUT2D eigenvalue weighted by atomic mass is 9.79. The van der Waals surface area contributed by atoms with Gasteiger partial charge in [-0.3, -0.25) is 0 Å². The Hall–Kier alpha value is -1.34. The second-order valence-electron chi connectivity index (χ2n) is 3.03. The van der Waals surface area contributed by atoms with Crippen LogP contribution in [0.5, 0.6) is 5.75 Å². The molecule has 16 heavy (non-hydrogen) atoms. The average molecular weight is 243 g/mol. The van der Waals surface area contributed by atoms with Gasteiger partial charge in [-0.1, -0.05) is 17.6 Å². The van der Waals surface area contributed by atoms with Crippen molar-refractivity contribution in [2.24, 2.45) is 0 Å². The molecule has 0 heterocycles. The monoisotopic (exact) mass is 243 g/mol. The zero-order valence-electron chi connectivity index (χ0n) is 7.99. The van der Waals surface area contributed by atoms with E-state index in [0.717, 1.165) is 7.11 Å². The Morgan fingerprint density at radius 3 is 2.06 bits per heavy atom. The van der Waals surface area contributed by atoms with Crippen LogP contribution in [0.4, 0.5) is 26.1 Å². The van der Waals surface area contributed by atoms with Crippen molar-refractivity contribution in [3.05, 3.63) is 23.8 Å². The first-order chi connectivity index (χ1) is 7.16. The van der Waals surface area contributed by atoms with Gasteiger partial charge in [-0.15, -0.1) is 0 Å². The van der Waals surface area contributed by atoms with Crippen molar-refractivity contribution in [1.82, 2.24) is 0 Å². The van der Waals surface area contributed by atoms with Gasteiger partial charge in [-0.05, 0) is 6.07 Å². The summed E-state index contributed by atoms with van der Waals surface area (Å²) >= 11 is 0. The Balaban J connectivity index is 3.28. The van der Waals surface area contributed by atoms with Gasteiger partial charge in [0, 0.05) is 0 Å². The maximum absolute atomic E-state index is 12.4. The highest BCUT2D eigenvalue weighted by Crippen LogP contribution is 2.31. The number of hydrogen-bond acceptors (Lipinski definition) is 1. The fourth-order valence-corrected chi connectivity index (χ4v) is 1.16. The number of halogens is 6. The predicted molar refractivity (Wildman–Crippen MR) is 46.7 cm³/mol. The molecule has 90 valence electrons. The molecule has 0 radical (unpaired) electrons. The standard InChI is InChI=1S/C8H6BF6O/c1-16-7-4-5(8(10,11)12)2-3-6(7)9(13,14)15/h2-4H,1H3/q-1. The lowest BCUT2D eigenvalue weighted by Gasteiger charge is -2.20. The van der Waals surface area contributed by atoms with Crippen molar-refractivity contribution in [3.8, 4) is 5.75 Å². The minimum Gasteiger partial charge on any atom is -0.500 e. The Morgan fingerprint density at radius 2 is 1.69 bits per heavy atom. The zero-order chi connectivity index (χ0) is 12.6. The summed E-state index contributed by atoms with van der Waals surface area (Å²) in [4.78, 5) is 0. The number of ether oxygens (including phenoxy) is 1. The van der Waals surface area contributed by atoms with E-state index in [2.05, 4.69) is 4.74 Å². The first-order valence-electron chi connectivity index (χ1n) is 4.11. The second-order valence-corrected chi connectivity index (χ2v) is 3.03. The Morgan fingerprint density at radius 1 is 1.12 bits per heavy atom. The van der Waals surface area contributed by atoms with Crippen molar-refractivity contribution in [1.29, 1.82) is 0 Å². The van der Waals surface area contributed by atoms with E-state index in [1.54, 1.807) is 0 Å². The first kappa shape index (κ1) is 12.7. The number of benzene rings is 1. The third kappa shape index (κ3) is 2.62. The molecule has 0 aromatic heterocycles. The molecule has 1 aromatic rings. The highest BCUT2D eigenvalue weighted by atomic mass is 19.4. The molecule has 0 aliphatic heterocycles. The van der Waals surface area contributed by atoms with Crippen molar-refractivity contribution < 1.29 is 30.9 Å². The van der Waals surface area contributed by atoms with Crippen LogP contribution in [0.3, 0.4) is 0 Å². The summed E-state index contributed by atoms with van der Waals surface area (Å²) in [5, 5.41) is 0. The molecule has 8 heteroatoms. The zero-order valence-corrected chi connectivity index (χ0v) is 7.99. The molecule has 0 N–H and O–H groups in total. The molecule has 0 atom stereocenters. The van der Waals surface area contributed by atoms with E-state index in [4.69, 9.17) is 0 Å². The first-order valence-corrected chi connectivity index (χ1v) is 4.11. The maximum Gasteiger partial charge on any atom is 0.513 e. The SMILES string of the molecule is COc1cc(C(F)(F)F)ccc1[B-](F)(F)F. The van der Waals surface area contributed by atoms with E-state index in [9.17, 15) is 26.1 Å². The molecule has 0 aliphatic carbocycles. The largest absolute Gasteiger partial charge is 0.513 e. The molecule has 0 aliphatic rings. The summed E-state index contributed by atoms with van der Waals surface area (Å²) in [5.41, 5.74) is -2.34. The molecule has 1 rings (SSSR count). The van der Waals surface area contributed by atoms with Crippen LogP contribution in [0.2, 0.25) is 0 Å². The smallest absolute Gasteiger partial charge is 0.500 e. The quantitative estimate of drug-likeness (QED) is 0.573. The van der Waals surface area contributed by atoms with E-state index < -0.39 is 29.9 Å². The number of methoxy groups -OCH3 is 1. The molecular weight excluding hydrogens is 237 g/mol. The summed E-state index contributed by atoms with van der Waals surface area (Å²) in [7, 11) is 0.890. The van der Waals surface area contributed by atoms with Crippen LogP contribution < -0.4 is 10.2 Å². The van der Waals surface area contributed by atoms with Gasteiger partial charge in [0.05, 0.1) is 18.4 Å². The number of alkyl halides is 3. The number of hydrogen-bond donors (Lipinski definition) is 0. The second kappa shape index (κ2) is 3.91. The molecule has 0 unspecified atom stereocenters. The van der Waals surface area contributed by atoms with Crippen LogP contribution in [-0.2, 0) is 6.18 Å². The van der Waals surface area contributed by atoms with Gasteiger partial charge in [0.2, 0.25) is 0 Å². The molecule has 0 amide bonds. The summed E-state index contributed by atoms with van der Waals surface area (Å²) in [6.45, 7) is -5.39. The lowest BCUT2D eigenvalue weighted by Crippen LogP contribution is -2.35. The minimum atomic E-state index is -5.39. The van der Waals surface area contributed by atoms with Gasteiger partial charge in [0.15, 0.2) is 0 Å². The van der Waals surface area contributed by atoms with E-state index >= 15 is 0 Å². The summed E-state index contributed by atoms with van der Waals surface area (Å²) in [6, 6.07) is 1.10. The van der Waals surface area contributed by atoms with Crippen LogP contribution in [-0.4, -0.2) is 14.1 Å². The highest BCUT2D eigenvalue weighted by molar-refractivity contribution is 6.74. The van der Waals surface area contributed by atoms with Crippen LogP contribution in [0.1, 0.15) is 5.56 Å². The number of rotatable bonds is 2. The maximum atomic E-state index is 12.4. The fraction of sp³-hybridized carbons (Fsp3) is 0.250. The fourth-order valence-electron chi connectivity index (χ4n) is 1.16. The molecule has 0 saturated heterocycles. The van der Waals surface area contributed by atoms with Crippen LogP contribution in [0, 0.1) is 0 Å². The van der Waals surface area contributed by atoms with Crippen molar-refractivity contribution in [3.63, 3.8) is 0 Å². The summed E-state index contributed by atoms with van der Waals surface area (Å²) in [5.74, 6) is -0.817. The van der Waals surface area contributed by atoms with E-state index in [-0.39, 0.29) is 0 Å². The van der Waals surface area contributed by atoms with Crippen molar-refractivity contribution in [2.75, 3.05) is 7.11 Å². The van der Waals surface area contributed by atoms with E-state index in [1.165, 1.54) is 0 Å². The molecule has 0 bridgehead atoms. The van der Waals surface area contributed by atoms with Crippen molar-refractivity contribution in [2.45, 2.75) is 6.18 Å². The van der Waals surface area contributed by atoms with Gasteiger partial charge in [-0.25, -0.2) is 0 Å². The lowest BCUT2D eigenvalue weighted by molar-refractivity contribution is -0.137. The molecule has 0 saturated carbocycles. The van der Waals surface area contributed by atoms with Crippen molar-refractivity contribution >= 4 is 12.4 Å². The van der Waals surface area contributed by atoms with Crippen LogP contribution >= 0.6 is 0 Å². The van der Waals surface area contributed by atoms with Gasteiger partial charge in [0.25, 0.3) is 0 Å². The van der Waals surface area contributed by atoms with Gasteiger partial charge in [-0.2, -0.15) is 13.2 Å². The Kier molecular flexibility index (Phi) is 3.11. The summed E-state index contributed by atoms with van der Waals surface area (Å²) < 4.78 is 78.0. The van der Waals surface area contributed by atoms with Crippen LogP contribution in [0.15, 0.2) is 18.2 Å². The molecule has 1 nitrogen and oxygen atoms in total. The Labute approximate surface area is 87.1 Å². The third-order valence-corrected chi connectivity index (χ3v) is 1.91. The molecule has 0 fully saturated rings. The molecule has 1 aromatic carbocycles.